The van der Waals surface area contributed by atoms with Crippen LogP contribution in [0.3, 0.4) is 0 Å². The number of carboxylic acids is 1. The van der Waals surface area contributed by atoms with Crippen molar-refractivity contribution in [3.63, 3.8) is 0 Å². The smallest absolute Gasteiger partial charge is 0.310 e. The Labute approximate surface area is 99.9 Å². The van der Waals surface area contributed by atoms with E-state index in [0.717, 1.165) is 0 Å². The Morgan fingerprint density at radius 2 is 1.82 bits per heavy atom. The molecule has 0 aromatic heterocycles. The van der Waals surface area contributed by atoms with Crippen molar-refractivity contribution in [3.8, 4) is 0 Å². The molecule has 2 N–H and O–H groups in total. The molecule has 3 nitrogen and oxygen atoms in total. The molecule has 1 aromatic rings. The first-order valence-electron chi connectivity index (χ1n) is 5.40. The van der Waals surface area contributed by atoms with Gasteiger partial charge in [0.25, 0.3) is 0 Å². The van der Waals surface area contributed by atoms with Crippen molar-refractivity contribution in [1.29, 1.82) is 0 Å². The van der Waals surface area contributed by atoms with E-state index in [4.69, 9.17) is 5.11 Å². The second-order valence-electron chi connectivity index (χ2n) is 5.15. The number of benzene rings is 1. The van der Waals surface area contributed by atoms with Gasteiger partial charge in [0.1, 0.15) is 5.82 Å². The summed E-state index contributed by atoms with van der Waals surface area (Å²) in [6, 6.07) is 5.68. The summed E-state index contributed by atoms with van der Waals surface area (Å²) >= 11 is 0. The summed E-state index contributed by atoms with van der Waals surface area (Å²) in [6.45, 7) is 5.11. The largest absolute Gasteiger partial charge is 0.481 e. The van der Waals surface area contributed by atoms with Crippen LogP contribution >= 0.6 is 0 Å². The molecule has 2 atom stereocenters. The highest BCUT2D eigenvalue weighted by molar-refractivity contribution is 5.72. The molecule has 0 bridgehead atoms. The molecule has 0 saturated heterocycles. The fourth-order valence-corrected chi connectivity index (χ4v) is 1.87. The normalized spacial score (nSPS) is 15.4. The predicted octanol–water partition coefficient (Wildman–Crippen LogP) is 2.61. The predicted molar refractivity (Wildman–Crippen MR) is 61.9 cm³/mol. The molecule has 0 aliphatic rings. The van der Waals surface area contributed by atoms with E-state index in [1.807, 2.05) is 0 Å². The van der Waals surface area contributed by atoms with Crippen molar-refractivity contribution in [2.24, 2.45) is 11.3 Å². The first-order chi connectivity index (χ1) is 7.75. The Bertz CT molecular complexity index is 409. The van der Waals surface area contributed by atoms with E-state index >= 15 is 0 Å². The van der Waals surface area contributed by atoms with Crippen LogP contribution in [0.1, 0.15) is 32.4 Å². The minimum absolute atomic E-state index is 0.0230. The first-order valence-corrected chi connectivity index (χ1v) is 5.40. The second-order valence-corrected chi connectivity index (χ2v) is 5.15. The van der Waals surface area contributed by atoms with Crippen molar-refractivity contribution in [2.45, 2.75) is 26.9 Å². The maximum atomic E-state index is 13.5. The molecule has 1 rings (SSSR count). The minimum atomic E-state index is -1.35. The Morgan fingerprint density at radius 3 is 2.24 bits per heavy atom. The SMILES string of the molecule is CC(C)(C)C(C(=O)O)C(O)c1ccccc1F. The maximum Gasteiger partial charge on any atom is 0.310 e. The van der Waals surface area contributed by atoms with E-state index < -0.39 is 29.2 Å². The van der Waals surface area contributed by atoms with Gasteiger partial charge in [0.15, 0.2) is 0 Å². The standard InChI is InChI=1S/C13H17FO3/c1-13(2,3)10(12(16)17)11(15)8-6-4-5-7-9(8)14/h4-7,10-11,15H,1-3H3,(H,16,17). The lowest BCUT2D eigenvalue weighted by molar-refractivity contribution is -0.151. The van der Waals surface area contributed by atoms with Crippen LogP contribution in [0.15, 0.2) is 24.3 Å². The van der Waals surface area contributed by atoms with Gasteiger partial charge in [-0.3, -0.25) is 4.79 Å². The van der Waals surface area contributed by atoms with E-state index in [9.17, 15) is 14.3 Å². The van der Waals surface area contributed by atoms with E-state index in [2.05, 4.69) is 0 Å². The molecule has 1 aromatic carbocycles. The van der Waals surface area contributed by atoms with Gasteiger partial charge < -0.3 is 10.2 Å². The van der Waals surface area contributed by atoms with Crippen molar-refractivity contribution >= 4 is 5.97 Å². The van der Waals surface area contributed by atoms with Gasteiger partial charge in [-0.2, -0.15) is 0 Å². The molecule has 0 saturated carbocycles. The van der Waals surface area contributed by atoms with E-state index in [0.29, 0.717) is 0 Å². The summed E-state index contributed by atoms with van der Waals surface area (Å²) < 4.78 is 13.5. The molecule has 0 radical (unpaired) electrons. The first kappa shape index (κ1) is 13.6. The lowest BCUT2D eigenvalue weighted by Crippen LogP contribution is -2.34. The fraction of sp³-hybridized carbons (Fsp3) is 0.462. The topological polar surface area (TPSA) is 57.5 Å². The molecule has 17 heavy (non-hydrogen) atoms. The highest BCUT2D eigenvalue weighted by Gasteiger charge is 2.38. The zero-order valence-electron chi connectivity index (χ0n) is 10.1. The molecular weight excluding hydrogens is 223 g/mol. The number of hydrogen-bond acceptors (Lipinski definition) is 2. The quantitative estimate of drug-likeness (QED) is 0.853. The third-order valence-corrected chi connectivity index (χ3v) is 2.74. The van der Waals surface area contributed by atoms with Gasteiger partial charge in [-0.05, 0) is 11.5 Å². The number of aliphatic carboxylic acids is 1. The third kappa shape index (κ3) is 3.03. The Morgan fingerprint density at radius 1 is 1.29 bits per heavy atom. The lowest BCUT2D eigenvalue weighted by Gasteiger charge is -2.31. The Kier molecular flexibility index (Phi) is 3.88. The zero-order valence-corrected chi connectivity index (χ0v) is 10.1. The average Bonchev–Trinajstić information content (AvgIpc) is 2.15. The number of aliphatic hydroxyl groups excluding tert-OH is 1. The van der Waals surface area contributed by atoms with Crippen LogP contribution in [-0.4, -0.2) is 16.2 Å². The lowest BCUT2D eigenvalue weighted by atomic mass is 9.75. The van der Waals surface area contributed by atoms with Crippen molar-refractivity contribution in [3.05, 3.63) is 35.6 Å². The summed E-state index contributed by atoms with van der Waals surface area (Å²) in [4.78, 5) is 11.2. The van der Waals surface area contributed by atoms with Gasteiger partial charge in [-0.25, -0.2) is 4.39 Å². The summed E-state index contributed by atoms with van der Waals surface area (Å²) in [5.41, 5.74) is -0.636. The average molecular weight is 240 g/mol. The fourth-order valence-electron chi connectivity index (χ4n) is 1.87. The monoisotopic (exact) mass is 240 g/mol. The van der Waals surface area contributed by atoms with Gasteiger partial charge in [0, 0.05) is 5.56 Å². The second kappa shape index (κ2) is 4.84. The molecule has 0 aliphatic heterocycles. The number of carboxylic acid groups (broad SMARTS) is 1. The molecule has 4 heteroatoms. The molecule has 2 unspecified atom stereocenters. The Hall–Kier alpha value is -1.42. The molecule has 94 valence electrons. The van der Waals surface area contributed by atoms with Crippen LogP contribution in [-0.2, 0) is 4.79 Å². The molecule has 0 amide bonds. The highest BCUT2D eigenvalue weighted by atomic mass is 19.1. The van der Waals surface area contributed by atoms with Crippen LogP contribution in [0.2, 0.25) is 0 Å². The summed E-state index contributed by atoms with van der Waals surface area (Å²) in [6.07, 6.45) is -1.35. The molecule has 0 spiro atoms. The van der Waals surface area contributed by atoms with Crippen LogP contribution in [0.25, 0.3) is 0 Å². The number of aliphatic hydroxyl groups is 1. The summed E-state index contributed by atoms with van der Waals surface area (Å²) in [7, 11) is 0. The van der Waals surface area contributed by atoms with Crippen LogP contribution < -0.4 is 0 Å². The van der Waals surface area contributed by atoms with Gasteiger partial charge in [0.2, 0.25) is 0 Å². The van der Waals surface area contributed by atoms with Crippen LogP contribution in [0.4, 0.5) is 4.39 Å². The highest BCUT2D eigenvalue weighted by Crippen LogP contribution is 2.37. The van der Waals surface area contributed by atoms with E-state index in [1.165, 1.54) is 18.2 Å². The molecule has 0 heterocycles. The number of rotatable bonds is 3. The number of hydrogen-bond donors (Lipinski definition) is 2. The van der Waals surface area contributed by atoms with Crippen molar-refractivity contribution in [2.75, 3.05) is 0 Å². The van der Waals surface area contributed by atoms with Gasteiger partial charge in [0.05, 0.1) is 12.0 Å². The van der Waals surface area contributed by atoms with E-state index in [1.54, 1.807) is 26.8 Å². The number of halogens is 1. The summed E-state index contributed by atoms with van der Waals surface area (Å²) in [5, 5.41) is 19.2. The Balaban J connectivity index is 3.14. The van der Waals surface area contributed by atoms with E-state index in [-0.39, 0.29) is 5.56 Å². The molecular formula is C13H17FO3. The van der Waals surface area contributed by atoms with Crippen LogP contribution in [0.5, 0.6) is 0 Å². The molecule has 0 fully saturated rings. The van der Waals surface area contributed by atoms with Gasteiger partial charge in [-0.1, -0.05) is 39.0 Å². The summed E-state index contributed by atoms with van der Waals surface area (Å²) in [5.74, 6) is -2.77. The maximum absolute atomic E-state index is 13.5. The van der Waals surface area contributed by atoms with Crippen LogP contribution in [0, 0.1) is 17.2 Å². The van der Waals surface area contributed by atoms with Gasteiger partial charge in [-0.15, -0.1) is 0 Å². The molecule has 0 aliphatic carbocycles. The van der Waals surface area contributed by atoms with Crippen molar-refractivity contribution < 1.29 is 19.4 Å². The zero-order chi connectivity index (χ0) is 13.2. The van der Waals surface area contributed by atoms with Crippen molar-refractivity contribution in [1.82, 2.24) is 0 Å². The number of carbonyl (C=O) groups is 1. The minimum Gasteiger partial charge on any atom is -0.481 e. The third-order valence-electron chi connectivity index (χ3n) is 2.74. The van der Waals surface area contributed by atoms with Gasteiger partial charge >= 0.3 is 5.97 Å².